The van der Waals surface area contributed by atoms with Gasteiger partial charge in [0, 0.05) is 25.3 Å². The van der Waals surface area contributed by atoms with Crippen LogP contribution in [0.25, 0.3) is 0 Å². The Hall–Kier alpha value is -1.42. The number of hydrogen-bond donors (Lipinski definition) is 1. The van der Waals surface area contributed by atoms with Gasteiger partial charge in [0.25, 0.3) is 5.91 Å². The zero-order chi connectivity index (χ0) is 15.1. The third kappa shape index (κ3) is 4.30. The van der Waals surface area contributed by atoms with E-state index in [9.17, 15) is 4.79 Å². The van der Waals surface area contributed by atoms with E-state index in [1.54, 1.807) is 12.3 Å². The molecule has 4 heteroatoms. The zero-order valence-corrected chi connectivity index (χ0v) is 13.1. The summed E-state index contributed by atoms with van der Waals surface area (Å²) in [5.74, 6) is 0.471. The summed E-state index contributed by atoms with van der Waals surface area (Å²) in [5, 5.41) is 0. The predicted molar refractivity (Wildman–Crippen MR) is 82.4 cm³/mol. The van der Waals surface area contributed by atoms with E-state index in [4.69, 9.17) is 5.73 Å². The molecule has 0 unspecified atom stereocenters. The number of rotatable bonds is 7. The molecule has 1 aromatic rings. The molecule has 20 heavy (non-hydrogen) atoms. The number of nitrogens with zero attached hydrogens (tertiary/aromatic N) is 2. The number of amides is 1. The highest BCUT2D eigenvalue weighted by atomic mass is 16.2. The van der Waals surface area contributed by atoms with Crippen LogP contribution in [-0.2, 0) is 6.54 Å². The van der Waals surface area contributed by atoms with E-state index >= 15 is 0 Å². The minimum atomic E-state index is 0.0240. The van der Waals surface area contributed by atoms with Crippen molar-refractivity contribution in [2.45, 2.75) is 53.1 Å². The first-order valence-corrected chi connectivity index (χ1v) is 7.49. The van der Waals surface area contributed by atoms with E-state index in [2.05, 4.69) is 32.7 Å². The van der Waals surface area contributed by atoms with Crippen LogP contribution in [0.2, 0.25) is 0 Å². The van der Waals surface area contributed by atoms with Crippen molar-refractivity contribution >= 4 is 5.91 Å². The first-order chi connectivity index (χ1) is 9.53. The average molecular weight is 277 g/mol. The van der Waals surface area contributed by atoms with Crippen molar-refractivity contribution in [1.29, 1.82) is 0 Å². The normalized spacial score (nSPS) is 11.2. The minimum absolute atomic E-state index is 0.0240. The molecule has 1 heterocycles. The molecule has 1 aromatic heterocycles. The van der Waals surface area contributed by atoms with Gasteiger partial charge in [0.15, 0.2) is 0 Å². The Bertz CT molecular complexity index is 410. The maximum Gasteiger partial charge on any atom is 0.272 e. The lowest BCUT2D eigenvalue weighted by Crippen LogP contribution is -2.42. The van der Waals surface area contributed by atoms with Crippen molar-refractivity contribution in [3.05, 3.63) is 29.6 Å². The van der Waals surface area contributed by atoms with Crippen molar-refractivity contribution < 1.29 is 4.79 Å². The highest BCUT2D eigenvalue weighted by Crippen LogP contribution is 2.15. The summed E-state index contributed by atoms with van der Waals surface area (Å²) in [7, 11) is 0. The molecular weight excluding hydrogens is 250 g/mol. The van der Waals surface area contributed by atoms with E-state index in [1.807, 2.05) is 11.0 Å². The molecule has 0 aliphatic rings. The number of carbonyl (C=O) groups is 1. The van der Waals surface area contributed by atoms with Gasteiger partial charge >= 0.3 is 0 Å². The van der Waals surface area contributed by atoms with Crippen molar-refractivity contribution in [2.75, 3.05) is 6.54 Å². The topological polar surface area (TPSA) is 59.2 Å². The van der Waals surface area contributed by atoms with Crippen LogP contribution in [0.4, 0.5) is 0 Å². The van der Waals surface area contributed by atoms with E-state index < -0.39 is 0 Å². The van der Waals surface area contributed by atoms with Gasteiger partial charge in [-0.1, -0.05) is 33.8 Å². The van der Waals surface area contributed by atoms with Gasteiger partial charge in [0.05, 0.1) is 0 Å². The molecule has 0 atom stereocenters. The lowest BCUT2D eigenvalue weighted by Gasteiger charge is -2.31. The van der Waals surface area contributed by atoms with Crippen molar-refractivity contribution in [3.63, 3.8) is 0 Å². The van der Waals surface area contributed by atoms with Gasteiger partial charge in [0.2, 0.25) is 0 Å². The number of pyridine rings is 1. The van der Waals surface area contributed by atoms with Gasteiger partial charge in [-0.25, -0.2) is 0 Å². The standard InChI is InChI=1S/C16H27N3O/c1-5-14(6-2)19(11-12(3)4)16(20)15-8-7-13(9-17)10-18-15/h7-8,10,12,14H,5-6,9,11,17H2,1-4H3. The molecule has 0 aliphatic carbocycles. The first-order valence-electron chi connectivity index (χ1n) is 7.49. The Morgan fingerprint density at radius 2 is 1.95 bits per heavy atom. The summed E-state index contributed by atoms with van der Waals surface area (Å²) in [6, 6.07) is 3.93. The number of aromatic nitrogens is 1. The van der Waals surface area contributed by atoms with Crippen LogP contribution < -0.4 is 5.73 Å². The summed E-state index contributed by atoms with van der Waals surface area (Å²) < 4.78 is 0. The summed E-state index contributed by atoms with van der Waals surface area (Å²) in [6.45, 7) is 9.73. The molecule has 0 bridgehead atoms. The second-order valence-electron chi connectivity index (χ2n) is 5.58. The Labute approximate surface area is 122 Å². The van der Waals surface area contributed by atoms with E-state index in [0.29, 0.717) is 18.2 Å². The number of carbonyl (C=O) groups excluding carboxylic acids is 1. The van der Waals surface area contributed by atoms with Gasteiger partial charge in [-0.15, -0.1) is 0 Å². The number of hydrogen-bond acceptors (Lipinski definition) is 3. The molecule has 0 radical (unpaired) electrons. The van der Waals surface area contributed by atoms with Gasteiger partial charge in [-0.3, -0.25) is 9.78 Å². The molecule has 0 aromatic carbocycles. The molecule has 1 rings (SSSR count). The lowest BCUT2D eigenvalue weighted by molar-refractivity contribution is 0.0634. The van der Waals surface area contributed by atoms with Crippen molar-refractivity contribution in [2.24, 2.45) is 11.7 Å². The van der Waals surface area contributed by atoms with Gasteiger partial charge in [-0.05, 0) is 30.4 Å². The third-order valence-electron chi connectivity index (χ3n) is 3.49. The first kappa shape index (κ1) is 16.6. The molecule has 0 spiro atoms. The molecular formula is C16H27N3O. The fraction of sp³-hybridized carbons (Fsp3) is 0.625. The third-order valence-corrected chi connectivity index (χ3v) is 3.49. The second-order valence-corrected chi connectivity index (χ2v) is 5.58. The minimum Gasteiger partial charge on any atom is -0.334 e. The molecule has 0 fully saturated rings. The van der Waals surface area contributed by atoms with E-state index in [1.165, 1.54) is 0 Å². The molecule has 4 nitrogen and oxygen atoms in total. The fourth-order valence-corrected chi connectivity index (χ4v) is 2.34. The fourth-order valence-electron chi connectivity index (χ4n) is 2.34. The Morgan fingerprint density at radius 3 is 2.35 bits per heavy atom. The smallest absolute Gasteiger partial charge is 0.272 e. The van der Waals surface area contributed by atoms with Gasteiger partial charge < -0.3 is 10.6 Å². The van der Waals surface area contributed by atoms with Crippen LogP contribution in [0.1, 0.15) is 56.6 Å². The van der Waals surface area contributed by atoms with Crippen molar-refractivity contribution in [1.82, 2.24) is 9.88 Å². The molecule has 0 saturated carbocycles. The Morgan fingerprint density at radius 1 is 1.30 bits per heavy atom. The van der Waals surface area contributed by atoms with E-state index in [-0.39, 0.29) is 11.9 Å². The van der Waals surface area contributed by atoms with Crippen LogP contribution in [-0.4, -0.2) is 28.4 Å². The molecule has 0 aliphatic heterocycles. The summed E-state index contributed by atoms with van der Waals surface area (Å²) in [5.41, 5.74) is 7.01. The van der Waals surface area contributed by atoms with Crippen LogP contribution in [0.15, 0.2) is 18.3 Å². The average Bonchev–Trinajstić information content (AvgIpc) is 2.46. The van der Waals surface area contributed by atoms with Crippen molar-refractivity contribution in [3.8, 4) is 0 Å². The van der Waals surface area contributed by atoms with Crippen LogP contribution in [0.3, 0.4) is 0 Å². The molecule has 0 saturated heterocycles. The zero-order valence-electron chi connectivity index (χ0n) is 13.1. The predicted octanol–water partition coefficient (Wildman–Crippen LogP) is 2.83. The van der Waals surface area contributed by atoms with Gasteiger partial charge in [-0.2, -0.15) is 0 Å². The molecule has 2 N–H and O–H groups in total. The molecule has 1 amide bonds. The number of nitrogens with two attached hydrogens (primary N) is 1. The van der Waals surface area contributed by atoms with E-state index in [0.717, 1.165) is 24.9 Å². The quantitative estimate of drug-likeness (QED) is 0.833. The monoisotopic (exact) mass is 277 g/mol. The Balaban J connectivity index is 2.95. The highest BCUT2D eigenvalue weighted by molar-refractivity contribution is 5.92. The second kappa shape index (κ2) is 8.00. The van der Waals surface area contributed by atoms with Crippen LogP contribution >= 0.6 is 0 Å². The van der Waals surface area contributed by atoms with Gasteiger partial charge in [0.1, 0.15) is 5.69 Å². The molecule has 112 valence electrons. The SMILES string of the molecule is CCC(CC)N(CC(C)C)C(=O)c1ccc(CN)cn1. The van der Waals surface area contributed by atoms with Crippen LogP contribution in [0.5, 0.6) is 0 Å². The largest absolute Gasteiger partial charge is 0.334 e. The summed E-state index contributed by atoms with van der Waals surface area (Å²) in [4.78, 5) is 18.9. The maximum atomic E-state index is 12.7. The maximum absolute atomic E-state index is 12.7. The lowest BCUT2D eigenvalue weighted by atomic mass is 10.1. The summed E-state index contributed by atoms with van der Waals surface area (Å²) in [6.07, 6.45) is 3.62. The Kier molecular flexibility index (Phi) is 6.65. The highest BCUT2D eigenvalue weighted by Gasteiger charge is 2.23. The summed E-state index contributed by atoms with van der Waals surface area (Å²) >= 11 is 0. The van der Waals surface area contributed by atoms with Crippen LogP contribution in [0, 0.1) is 5.92 Å².